The van der Waals surface area contributed by atoms with E-state index in [0.29, 0.717) is 17.3 Å². The van der Waals surface area contributed by atoms with Gasteiger partial charge >= 0.3 is 0 Å². The third kappa shape index (κ3) is 3.31. The Morgan fingerprint density at radius 3 is 2.89 bits per heavy atom. The van der Waals surface area contributed by atoms with Crippen molar-refractivity contribution in [2.75, 3.05) is 7.05 Å². The fourth-order valence-corrected chi connectivity index (χ4v) is 2.78. The van der Waals surface area contributed by atoms with Crippen molar-refractivity contribution in [1.82, 2.24) is 9.88 Å². The Kier molecular flexibility index (Phi) is 4.37. The third-order valence-corrected chi connectivity index (χ3v) is 4.11. The van der Waals surface area contributed by atoms with Crippen LogP contribution < -0.4 is 0 Å². The summed E-state index contributed by atoms with van der Waals surface area (Å²) >= 11 is 10.7. The van der Waals surface area contributed by atoms with Crippen molar-refractivity contribution in [3.05, 3.63) is 49.8 Å². The van der Waals surface area contributed by atoms with Gasteiger partial charge in [0.2, 0.25) is 0 Å². The van der Waals surface area contributed by atoms with Gasteiger partial charge in [0.15, 0.2) is 0 Å². The fraction of sp³-hybridized carbons (Fsp3) is 0.167. The molecule has 0 radical (unpaired) electrons. The molecule has 18 heavy (non-hydrogen) atoms. The summed E-state index contributed by atoms with van der Waals surface area (Å²) in [6.07, 6.45) is 1.48. The van der Waals surface area contributed by atoms with E-state index in [2.05, 4.69) is 20.9 Å². The molecule has 0 fully saturated rings. The van der Waals surface area contributed by atoms with Crippen LogP contribution in [0.3, 0.4) is 0 Å². The van der Waals surface area contributed by atoms with E-state index in [0.717, 1.165) is 9.35 Å². The summed E-state index contributed by atoms with van der Waals surface area (Å²) < 4.78 is 1.06. The van der Waals surface area contributed by atoms with Gasteiger partial charge in [-0.05, 0) is 45.1 Å². The van der Waals surface area contributed by atoms with Gasteiger partial charge in [0, 0.05) is 19.8 Å². The van der Waals surface area contributed by atoms with Crippen LogP contribution in [0, 0.1) is 0 Å². The quantitative estimate of drug-likeness (QED) is 0.847. The average molecular weight is 346 g/mol. The fourth-order valence-electron chi connectivity index (χ4n) is 1.47. The Labute approximate surface area is 123 Å². The highest BCUT2D eigenvalue weighted by Crippen LogP contribution is 2.21. The van der Waals surface area contributed by atoms with Gasteiger partial charge in [-0.25, -0.2) is 4.98 Å². The molecule has 94 valence electrons. The van der Waals surface area contributed by atoms with Crippen molar-refractivity contribution in [2.45, 2.75) is 6.54 Å². The number of nitrogens with zero attached hydrogens (tertiary/aromatic N) is 2. The van der Waals surface area contributed by atoms with Crippen molar-refractivity contribution < 1.29 is 4.79 Å². The molecule has 6 heteroatoms. The summed E-state index contributed by atoms with van der Waals surface area (Å²) in [6, 6.07) is 5.30. The van der Waals surface area contributed by atoms with Crippen molar-refractivity contribution in [2.24, 2.45) is 0 Å². The molecule has 0 aromatic carbocycles. The highest BCUT2D eigenvalue weighted by Gasteiger charge is 2.13. The number of thiophene rings is 1. The summed E-state index contributed by atoms with van der Waals surface area (Å²) in [5.74, 6) is -0.117. The number of hydrogen-bond acceptors (Lipinski definition) is 3. The van der Waals surface area contributed by atoms with Crippen LogP contribution >= 0.6 is 38.9 Å². The standard InChI is InChI=1S/C12H10BrClN2OS/c1-16(6-8-4-11(13)18-7-8)12(17)10-3-2-9(14)5-15-10/h2-5,7H,6H2,1H3. The molecule has 3 nitrogen and oxygen atoms in total. The third-order valence-electron chi connectivity index (χ3n) is 2.33. The van der Waals surface area contributed by atoms with E-state index in [1.54, 1.807) is 35.4 Å². The van der Waals surface area contributed by atoms with Gasteiger partial charge in [0.25, 0.3) is 5.91 Å². The first-order valence-corrected chi connectivity index (χ1v) is 7.21. The Balaban J connectivity index is 2.07. The van der Waals surface area contributed by atoms with Gasteiger partial charge in [-0.15, -0.1) is 11.3 Å². The Morgan fingerprint density at radius 2 is 2.33 bits per heavy atom. The first kappa shape index (κ1) is 13.5. The second-order valence-corrected chi connectivity index (χ2v) is 6.51. The molecule has 0 atom stereocenters. The first-order chi connectivity index (χ1) is 8.56. The molecule has 0 aliphatic carbocycles. The minimum atomic E-state index is -0.117. The molecule has 2 rings (SSSR count). The van der Waals surface area contributed by atoms with Crippen molar-refractivity contribution in [3.8, 4) is 0 Å². The van der Waals surface area contributed by atoms with Gasteiger partial charge < -0.3 is 4.90 Å². The number of pyridine rings is 1. The molecule has 2 heterocycles. The van der Waals surface area contributed by atoms with E-state index >= 15 is 0 Å². The smallest absolute Gasteiger partial charge is 0.272 e. The second-order valence-electron chi connectivity index (χ2n) is 3.78. The molecule has 0 saturated heterocycles. The Hall–Kier alpha value is -0.910. The highest BCUT2D eigenvalue weighted by molar-refractivity contribution is 9.11. The number of carbonyl (C=O) groups is 1. The second kappa shape index (κ2) is 5.82. The minimum absolute atomic E-state index is 0.117. The van der Waals surface area contributed by atoms with Crippen molar-refractivity contribution in [3.63, 3.8) is 0 Å². The zero-order valence-electron chi connectivity index (χ0n) is 9.56. The van der Waals surface area contributed by atoms with Gasteiger partial charge in [-0.3, -0.25) is 4.79 Å². The summed E-state index contributed by atoms with van der Waals surface area (Å²) in [7, 11) is 1.75. The Morgan fingerprint density at radius 1 is 1.56 bits per heavy atom. The lowest BCUT2D eigenvalue weighted by molar-refractivity contribution is 0.0779. The lowest BCUT2D eigenvalue weighted by atomic mass is 10.3. The summed E-state index contributed by atoms with van der Waals surface area (Å²) in [5, 5.41) is 2.54. The molecule has 0 spiro atoms. The van der Waals surface area contributed by atoms with E-state index in [1.807, 2.05) is 11.4 Å². The number of hydrogen-bond donors (Lipinski definition) is 0. The predicted molar refractivity (Wildman–Crippen MR) is 77.1 cm³/mol. The average Bonchev–Trinajstić information content (AvgIpc) is 2.75. The summed E-state index contributed by atoms with van der Waals surface area (Å²) in [6.45, 7) is 0.561. The number of rotatable bonds is 3. The molecule has 2 aromatic heterocycles. The molecule has 0 unspecified atom stereocenters. The van der Waals surface area contributed by atoms with E-state index in [4.69, 9.17) is 11.6 Å². The van der Waals surface area contributed by atoms with Gasteiger partial charge in [-0.1, -0.05) is 11.6 Å². The zero-order chi connectivity index (χ0) is 13.1. The number of amides is 1. The number of halogens is 2. The van der Waals surface area contributed by atoms with Crippen molar-refractivity contribution >= 4 is 44.8 Å². The molecule has 1 amide bonds. The maximum Gasteiger partial charge on any atom is 0.272 e. The molecule has 0 aliphatic heterocycles. The van der Waals surface area contributed by atoms with Crippen LogP contribution in [0.25, 0.3) is 0 Å². The van der Waals surface area contributed by atoms with Crippen LogP contribution in [0.1, 0.15) is 16.1 Å². The molecule has 0 aliphatic rings. The molecule has 0 saturated carbocycles. The van der Waals surface area contributed by atoms with E-state index in [1.165, 1.54) is 6.20 Å². The van der Waals surface area contributed by atoms with Crippen LogP contribution in [0.2, 0.25) is 5.02 Å². The maximum absolute atomic E-state index is 12.1. The van der Waals surface area contributed by atoms with Crippen molar-refractivity contribution in [1.29, 1.82) is 0 Å². The SMILES string of the molecule is CN(Cc1csc(Br)c1)C(=O)c1ccc(Cl)cn1. The Bertz CT molecular complexity index is 555. The molecule has 0 bridgehead atoms. The summed E-state index contributed by atoms with van der Waals surface area (Å²) in [5.41, 5.74) is 1.49. The molecule has 0 N–H and O–H groups in total. The topological polar surface area (TPSA) is 33.2 Å². The van der Waals surface area contributed by atoms with Crippen LogP contribution in [0.15, 0.2) is 33.6 Å². The molecular formula is C12H10BrClN2OS. The van der Waals surface area contributed by atoms with Gasteiger partial charge in [0.05, 0.1) is 8.81 Å². The lowest BCUT2D eigenvalue weighted by Crippen LogP contribution is -2.26. The van der Waals surface area contributed by atoms with Gasteiger partial charge in [-0.2, -0.15) is 0 Å². The van der Waals surface area contributed by atoms with Crippen LogP contribution in [0.5, 0.6) is 0 Å². The van der Waals surface area contributed by atoms with E-state index in [-0.39, 0.29) is 5.91 Å². The largest absolute Gasteiger partial charge is 0.336 e. The first-order valence-electron chi connectivity index (χ1n) is 5.16. The zero-order valence-corrected chi connectivity index (χ0v) is 12.7. The normalized spacial score (nSPS) is 10.4. The van der Waals surface area contributed by atoms with Crippen LogP contribution in [-0.4, -0.2) is 22.8 Å². The molecule has 2 aromatic rings. The predicted octanol–water partition coefficient (Wildman–Crippen LogP) is 3.83. The number of carbonyl (C=O) groups excluding carboxylic acids is 1. The highest BCUT2D eigenvalue weighted by atomic mass is 79.9. The number of aromatic nitrogens is 1. The van der Waals surface area contributed by atoms with E-state index < -0.39 is 0 Å². The molecular weight excluding hydrogens is 336 g/mol. The van der Waals surface area contributed by atoms with Crippen LogP contribution in [0.4, 0.5) is 0 Å². The minimum Gasteiger partial charge on any atom is -0.336 e. The maximum atomic E-state index is 12.1. The van der Waals surface area contributed by atoms with Crippen LogP contribution in [-0.2, 0) is 6.54 Å². The monoisotopic (exact) mass is 344 g/mol. The summed E-state index contributed by atoms with van der Waals surface area (Å²) in [4.78, 5) is 17.7. The van der Waals surface area contributed by atoms with Gasteiger partial charge in [0.1, 0.15) is 5.69 Å². The lowest BCUT2D eigenvalue weighted by Gasteiger charge is -2.15. The van der Waals surface area contributed by atoms with E-state index in [9.17, 15) is 4.79 Å².